The fourth-order valence-corrected chi connectivity index (χ4v) is 4.27. The molecule has 9 nitrogen and oxygen atoms in total. The molecule has 0 unspecified atom stereocenters. The predicted molar refractivity (Wildman–Crippen MR) is 129 cm³/mol. The Morgan fingerprint density at radius 2 is 2.08 bits per heavy atom. The summed E-state index contributed by atoms with van der Waals surface area (Å²) >= 11 is 5.90. The van der Waals surface area contributed by atoms with Crippen LogP contribution in [0.4, 0.5) is 13.2 Å². The van der Waals surface area contributed by atoms with Gasteiger partial charge in [-0.15, -0.1) is 13.2 Å². The molecule has 1 aliphatic heterocycles. The Bertz CT molecular complexity index is 1390. The van der Waals surface area contributed by atoms with E-state index in [1.807, 2.05) is 18.2 Å². The van der Waals surface area contributed by atoms with Crippen molar-refractivity contribution >= 4 is 28.5 Å². The van der Waals surface area contributed by atoms with Crippen molar-refractivity contribution in [2.45, 2.75) is 19.0 Å². The third kappa shape index (κ3) is 6.21. The highest BCUT2D eigenvalue weighted by Crippen LogP contribution is 2.33. The summed E-state index contributed by atoms with van der Waals surface area (Å²) in [5.41, 5.74) is 2.08. The van der Waals surface area contributed by atoms with E-state index in [4.69, 9.17) is 16.3 Å². The molecule has 5 rings (SSSR count). The van der Waals surface area contributed by atoms with E-state index in [-0.39, 0.29) is 34.1 Å². The maximum absolute atomic E-state index is 12.7. The third-order valence-corrected chi connectivity index (χ3v) is 6.07. The van der Waals surface area contributed by atoms with Crippen LogP contribution in [0.1, 0.15) is 15.9 Å². The molecule has 3 heterocycles. The number of amides is 1. The van der Waals surface area contributed by atoms with Crippen LogP contribution < -0.4 is 10.1 Å². The van der Waals surface area contributed by atoms with Gasteiger partial charge in [-0.3, -0.25) is 9.69 Å². The smallest absolute Gasteiger partial charge is 0.404 e. The summed E-state index contributed by atoms with van der Waals surface area (Å²) in [5.74, 6) is -0.705. The highest BCUT2D eigenvalue weighted by Gasteiger charge is 2.32. The van der Waals surface area contributed by atoms with Gasteiger partial charge in [-0.05, 0) is 11.6 Å². The van der Waals surface area contributed by atoms with Crippen molar-refractivity contribution in [1.29, 1.82) is 0 Å². The number of rotatable bonds is 7. The van der Waals surface area contributed by atoms with E-state index in [1.54, 1.807) is 0 Å². The first-order chi connectivity index (χ1) is 17.7. The summed E-state index contributed by atoms with van der Waals surface area (Å²) in [6.45, 7) is 3.24. The van der Waals surface area contributed by atoms with Gasteiger partial charge in [0.15, 0.2) is 0 Å². The Labute approximate surface area is 214 Å². The second kappa shape index (κ2) is 10.4. The molecule has 4 aromatic rings. The molecule has 194 valence electrons. The van der Waals surface area contributed by atoms with E-state index < -0.39 is 12.1 Å². The number of ether oxygens (including phenoxy) is 2. The number of carbonyl (C=O) groups is 1. The normalized spacial score (nSPS) is 16.7. The Morgan fingerprint density at radius 1 is 1.27 bits per heavy atom. The first-order valence-corrected chi connectivity index (χ1v) is 11.8. The molecule has 2 N–H and O–H groups in total. The van der Waals surface area contributed by atoms with Gasteiger partial charge in [0.05, 0.1) is 40.5 Å². The van der Waals surface area contributed by atoms with Crippen molar-refractivity contribution < 1.29 is 27.4 Å². The van der Waals surface area contributed by atoms with Gasteiger partial charge in [0, 0.05) is 38.4 Å². The molecule has 1 aliphatic rings. The standard InChI is InChI=1S/C24H22ClF3N6O3/c25-18-8-19-20(9-21(18)37-24(26,27)28)32-23(31-19)34-13-16(10-30-34)22(35)29-11-17-14-33(6-7-36-17)12-15-4-2-1-3-5-15/h1-5,8-10,13,17H,6-7,11-12,14H2,(H,29,35)(H,31,32)/t17-/m1/s1. The van der Waals surface area contributed by atoms with Crippen LogP contribution in [-0.2, 0) is 11.3 Å². The number of morpholine rings is 1. The van der Waals surface area contributed by atoms with Crippen LogP contribution in [0.3, 0.4) is 0 Å². The van der Waals surface area contributed by atoms with Crippen LogP contribution in [0.5, 0.6) is 5.75 Å². The topological polar surface area (TPSA) is 97.3 Å². The molecule has 1 amide bonds. The molecular formula is C24H22ClF3N6O3. The van der Waals surface area contributed by atoms with Crippen LogP contribution in [-0.4, -0.2) is 69.3 Å². The van der Waals surface area contributed by atoms with Crippen LogP contribution >= 0.6 is 11.6 Å². The molecule has 0 spiro atoms. The van der Waals surface area contributed by atoms with Gasteiger partial charge in [0.25, 0.3) is 5.91 Å². The number of alkyl halides is 3. The Hall–Kier alpha value is -3.61. The lowest BCUT2D eigenvalue weighted by atomic mass is 10.2. The van der Waals surface area contributed by atoms with Gasteiger partial charge in [-0.2, -0.15) is 5.10 Å². The zero-order valence-electron chi connectivity index (χ0n) is 19.3. The Balaban J connectivity index is 1.20. The highest BCUT2D eigenvalue weighted by molar-refractivity contribution is 6.32. The molecule has 1 saturated heterocycles. The van der Waals surface area contributed by atoms with Crippen molar-refractivity contribution in [1.82, 2.24) is 30.0 Å². The molecule has 1 atom stereocenters. The molecule has 2 aromatic heterocycles. The SMILES string of the molecule is O=C(NC[C@@H]1CN(Cc2ccccc2)CCO1)c1cnn(-c2nc3cc(OC(F)(F)F)c(Cl)cc3[nH]2)c1. The number of carbonyl (C=O) groups excluding carboxylic acids is 1. The van der Waals surface area contributed by atoms with Gasteiger partial charge < -0.3 is 19.8 Å². The third-order valence-electron chi connectivity index (χ3n) is 5.77. The summed E-state index contributed by atoms with van der Waals surface area (Å²) in [4.78, 5) is 22.1. The first kappa shape index (κ1) is 25.1. The van der Waals surface area contributed by atoms with E-state index in [0.717, 1.165) is 19.2 Å². The highest BCUT2D eigenvalue weighted by atomic mass is 35.5. The second-order valence-corrected chi connectivity index (χ2v) is 8.91. The monoisotopic (exact) mass is 534 g/mol. The van der Waals surface area contributed by atoms with Crippen molar-refractivity contribution in [2.75, 3.05) is 26.2 Å². The predicted octanol–water partition coefficient (Wildman–Crippen LogP) is 3.93. The van der Waals surface area contributed by atoms with Crippen molar-refractivity contribution in [3.05, 3.63) is 71.0 Å². The maximum Gasteiger partial charge on any atom is 0.573 e. The number of nitrogens with one attached hydrogen (secondary N) is 2. The summed E-state index contributed by atoms with van der Waals surface area (Å²) in [6.07, 6.45) is -2.20. The number of hydrogen-bond acceptors (Lipinski definition) is 6. The fourth-order valence-electron chi connectivity index (χ4n) is 4.06. The fraction of sp³-hybridized carbons (Fsp3) is 0.292. The second-order valence-electron chi connectivity index (χ2n) is 8.51. The largest absolute Gasteiger partial charge is 0.573 e. The number of fused-ring (bicyclic) bond motifs is 1. The van der Waals surface area contributed by atoms with E-state index in [0.29, 0.717) is 25.2 Å². The molecule has 13 heteroatoms. The van der Waals surface area contributed by atoms with Gasteiger partial charge in [-0.1, -0.05) is 41.9 Å². The minimum atomic E-state index is -4.89. The lowest BCUT2D eigenvalue weighted by Crippen LogP contribution is -2.47. The zero-order valence-corrected chi connectivity index (χ0v) is 20.1. The molecule has 2 aromatic carbocycles. The van der Waals surface area contributed by atoms with Crippen molar-refractivity contribution in [3.8, 4) is 11.7 Å². The summed E-state index contributed by atoms with van der Waals surface area (Å²) in [5, 5.41) is 6.78. The van der Waals surface area contributed by atoms with E-state index in [2.05, 4.69) is 42.2 Å². The van der Waals surface area contributed by atoms with E-state index >= 15 is 0 Å². The summed E-state index contributed by atoms with van der Waals surface area (Å²) in [7, 11) is 0. The summed E-state index contributed by atoms with van der Waals surface area (Å²) in [6, 6.07) is 12.5. The molecule has 0 radical (unpaired) electrons. The number of H-pyrrole nitrogens is 1. The number of hydrogen-bond donors (Lipinski definition) is 2. The minimum absolute atomic E-state index is 0.148. The van der Waals surface area contributed by atoms with Gasteiger partial charge in [0.1, 0.15) is 5.75 Å². The van der Waals surface area contributed by atoms with Gasteiger partial charge in [-0.25, -0.2) is 9.67 Å². The number of halogens is 4. The molecule has 0 aliphatic carbocycles. The van der Waals surface area contributed by atoms with Crippen LogP contribution in [0.25, 0.3) is 17.0 Å². The molecule has 0 saturated carbocycles. The number of aromatic nitrogens is 4. The van der Waals surface area contributed by atoms with E-state index in [9.17, 15) is 18.0 Å². The van der Waals surface area contributed by atoms with Gasteiger partial charge in [0.2, 0.25) is 5.95 Å². The minimum Gasteiger partial charge on any atom is -0.404 e. The quantitative estimate of drug-likeness (QED) is 0.373. The molecule has 37 heavy (non-hydrogen) atoms. The van der Waals surface area contributed by atoms with Gasteiger partial charge >= 0.3 is 6.36 Å². The maximum atomic E-state index is 12.7. The van der Waals surface area contributed by atoms with Crippen LogP contribution in [0.15, 0.2) is 54.9 Å². The lowest BCUT2D eigenvalue weighted by molar-refractivity contribution is -0.274. The molecule has 1 fully saturated rings. The van der Waals surface area contributed by atoms with E-state index in [1.165, 1.54) is 28.7 Å². The zero-order chi connectivity index (χ0) is 26.0. The lowest BCUT2D eigenvalue weighted by Gasteiger charge is -2.33. The van der Waals surface area contributed by atoms with Crippen molar-refractivity contribution in [2.24, 2.45) is 0 Å². The van der Waals surface area contributed by atoms with Crippen molar-refractivity contribution in [3.63, 3.8) is 0 Å². The average Bonchev–Trinajstić information content (AvgIpc) is 3.50. The molecular weight excluding hydrogens is 513 g/mol. The average molecular weight is 535 g/mol. The number of imidazole rings is 1. The van der Waals surface area contributed by atoms with Crippen LogP contribution in [0, 0.1) is 0 Å². The number of benzene rings is 2. The van der Waals surface area contributed by atoms with Crippen LogP contribution in [0.2, 0.25) is 5.02 Å². The number of nitrogens with zero attached hydrogens (tertiary/aromatic N) is 4. The Morgan fingerprint density at radius 3 is 2.86 bits per heavy atom. The molecule has 0 bridgehead atoms. The summed E-state index contributed by atoms with van der Waals surface area (Å²) < 4.78 is 48.8. The number of aromatic amines is 1. The first-order valence-electron chi connectivity index (χ1n) is 11.4. The Kier molecular flexibility index (Phi) is 7.04.